The number of halogens is 1. The fourth-order valence-corrected chi connectivity index (χ4v) is 4.23. The second kappa shape index (κ2) is 6.54. The largest absolute Gasteiger partial charge is 0.368 e. The van der Waals surface area contributed by atoms with Crippen LogP contribution in [0.1, 0.15) is 25.1 Å². The molecule has 2 aliphatic heterocycles. The Kier molecular flexibility index (Phi) is 5.08. The zero-order valence-corrected chi connectivity index (χ0v) is 16.7. The quantitative estimate of drug-likeness (QED) is 0.463. The highest BCUT2D eigenvalue weighted by Crippen LogP contribution is 2.56. The maximum atomic E-state index is 12.1. The van der Waals surface area contributed by atoms with Crippen LogP contribution in [-0.2, 0) is 28.7 Å². The van der Waals surface area contributed by atoms with Gasteiger partial charge in [0.25, 0.3) is 5.56 Å². The van der Waals surface area contributed by atoms with E-state index in [9.17, 15) is 14.5 Å². The van der Waals surface area contributed by atoms with Crippen LogP contribution >= 0.6 is 29.7 Å². The number of H-pyrrole nitrogens is 1. The Labute approximate surface area is 156 Å². The standard InChI is InChI=1S/C12H16IN2O7PS/c1-3-12-5-19-7(8(12)21-23(18,24)22-13)10(20-12)15-4-6(2)9(16)14-11(15)17/h4,7-8,10H,3,5H2,1-2H3,(H,18,24)(H,14,16,17)/t7-,8+,10?,12?,23?/m0/s1. The maximum Gasteiger partial charge on any atom is 0.334 e. The van der Waals surface area contributed by atoms with Crippen LogP contribution in [-0.4, -0.2) is 38.9 Å². The Hall–Kier alpha value is -0.140. The first kappa shape index (κ1) is 18.6. The lowest BCUT2D eigenvalue weighted by molar-refractivity contribution is -0.175. The summed E-state index contributed by atoms with van der Waals surface area (Å²) in [5.41, 5.74) is -1.54. The molecule has 2 fully saturated rings. The van der Waals surface area contributed by atoms with Gasteiger partial charge in [-0.1, -0.05) is 6.92 Å². The van der Waals surface area contributed by atoms with Crippen molar-refractivity contribution < 1.29 is 21.7 Å². The van der Waals surface area contributed by atoms with Crippen LogP contribution in [0.3, 0.4) is 0 Å². The number of aromatic nitrogens is 2. The summed E-state index contributed by atoms with van der Waals surface area (Å²) in [5, 5.41) is 0. The summed E-state index contributed by atoms with van der Waals surface area (Å²) >= 11 is 6.41. The fourth-order valence-electron chi connectivity index (χ4n) is 3.04. The van der Waals surface area contributed by atoms with E-state index in [0.717, 1.165) is 0 Å². The molecule has 0 saturated carbocycles. The highest BCUT2D eigenvalue weighted by Gasteiger charge is 2.63. The number of rotatable bonds is 5. The molecular weight excluding hydrogens is 474 g/mol. The predicted molar refractivity (Wildman–Crippen MR) is 95.4 cm³/mol. The van der Waals surface area contributed by atoms with Gasteiger partial charge in [0.2, 0.25) is 0 Å². The normalized spacial score (nSPS) is 34.4. The zero-order chi connectivity index (χ0) is 17.7. The fraction of sp³-hybridized carbons (Fsp3) is 0.667. The third-order valence-corrected chi connectivity index (χ3v) is 7.88. The average Bonchev–Trinajstić information content (AvgIpc) is 3.03. The Morgan fingerprint density at radius 3 is 2.96 bits per heavy atom. The van der Waals surface area contributed by atoms with Crippen molar-refractivity contribution in [3.05, 3.63) is 32.6 Å². The molecule has 3 unspecified atom stereocenters. The summed E-state index contributed by atoms with van der Waals surface area (Å²) in [4.78, 5) is 35.9. The van der Waals surface area contributed by atoms with E-state index in [2.05, 4.69) is 4.98 Å². The lowest BCUT2D eigenvalue weighted by Crippen LogP contribution is -2.42. The van der Waals surface area contributed by atoms with Gasteiger partial charge < -0.3 is 14.4 Å². The van der Waals surface area contributed by atoms with E-state index >= 15 is 0 Å². The number of nitrogens with one attached hydrogen (secondary N) is 1. The average molecular weight is 490 g/mol. The molecule has 134 valence electrons. The van der Waals surface area contributed by atoms with Gasteiger partial charge in [-0.25, -0.2) is 7.65 Å². The molecule has 0 amide bonds. The minimum atomic E-state index is -3.45. The van der Waals surface area contributed by atoms with Crippen molar-refractivity contribution in [2.24, 2.45) is 0 Å². The summed E-state index contributed by atoms with van der Waals surface area (Å²) in [5.74, 6) is 0. The summed E-state index contributed by atoms with van der Waals surface area (Å²) in [6, 6.07) is 0. The first-order valence-corrected chi connectivity index (χ1v) is 10.6. The summed E-state index contributed by atoms with van der Waals surface area (Å²) in [7, 11) is 0. The molecule has 3 rings (SSSR count). The van der Waals surface area contributed by atoms with E-state index in [1.807, 2.05) is 6.92 Å². The van der Waals surface area contributed by atoms with Crippen molar-refractivity contribution in [2.45, 2.75) is 44.3 Å². The van der Waals surface area contributed by atoms with E-state index in [0.29, 0.717) is 12.0 Å². The molecule has 9 nitrogen and oxygen atoms in total. The molecule has 1 aromatic rings. The van der Waals surface area contributed by atoms with Crippen molar-refractivity contribution in [3.63, 3.8) is 0 Å². The van der Waals surface area contributed by atoms with Crippen molar-refractivity contribution in [1.82, 2.24) is 9.55 Å². The molecule has 24 heavy (non-hydrogen) atoms. The van der Waals surface area contributed by atoms with Crippen LogP contribution in [0.15, 0.2) is 15.8 Å². The van der Waals surface area contributed by atoms with E-state index in [4.69, 9.17) is 28.7 Å². The topological polar surface area (TPSA) is 112 Å². The third-order valence-electron chi connectivity index (χ3n) is 4.33. The smallest absolute Gasteiger partial charge is 0.334 e. The van der Waals surface area contributed by atoms with Gasteiger partial charge >= 0.3 is 12.4 Å². The lowest BCUT2D eigenvalue weighted by atomic mass is 9.96. The van der Waals surface area contributed by atoms with Crippen molar-refractivity contribution >= 4 is 41.5 Å². The zero-order valence-electron chi connectivity index (χ0n) is 12.8. The second-order valence-corrected chi connectivity index (χ2v) is 9.60. The molecule has 0 radical (unpaired) electrons. The summed E-state index contributed by atoms with van der Waals surface area (Å²) < 4.78 is 23.5. The molecule has 2 saturated heterocycles. The van der Waals surface area contributed by atoms with Gasteiger partial charge in [0.05, 0.1) is 6.61 Å². The van der Waals surface area contributed by atoms with E-state index in [-0.39, 0.29) is 6.61 Å². The number of aryl methyl sites for hydroxylation is 1. The Balaban J connectivity index is 2.00. The van der Waals surface area contributed by atoms with Gasteiger partial charge in [0, 0.05) is 11.8 Å². The van der Waals surface area contributed by atoms with Crippen LogP contribution in [0, 0.1) is 6.92 Å². The molecule has 0 spiro atoms. The van der Waals surface area contributed by atoms with Gasteiger partial charge in [-0.05, 0) is 25.2 Å². The molecule has 0 aromatic carbocycles. The second-order valence-electron chi connectivity index (χ2n) is 5.74. The molecule has 12 heteroatoms. The highest BCUT2D eigenvalue weighted by atomic mass is 127. The summed E-state index contributed by atoms with van der Waals surface area (Å²) in [6.07, 6.45) is -0.194. The number of ether oxygens (including phenoxy) is 2. The van der Waals surface area contributed by atoms with Gasteiger partial charge in [-0.15, -0.1) is 0 Å². The maximum absolute atomic E-state index is 12.1. The van der Waals surface area contributed by atoms with Gasteiger partial charge in [0.15, 0.2) is 6.23 Å². The Bertz CT molecular complexity index is 813. The molecule has 2 N–H and O–H groups in total. The first-order chi connectivity index (χ1) is 11.2. The Morgan fingerprint density at radius 1 is 1.62 bits per heavy atom. The number of aromatic amines is 1. The van der Waals surface area contributed by atoms with E-state index < -0.39 is 42.0 Å². The molecule has 3 heterocycles. The highest BCUT2D eigenvalue weighted by molar-refractivity contribution is 14.1. The number of hydrogen-bond donors (Lipinski definition) is 2. The van der Waals surface area contributed by atoms with Gasteiger partial charge in [-0.3, -0.25) is 18.9 Å². The van der Waals surface area contributed by atoms with E-state index in [1.54, 1.807) is 6.92 Å². The molecule has 5 atom stereocenters. The number of hydrogen-bond acceptors (Lipinski definition) is 7. The minimum absolute atomic E-state index is 0.253. The van der Waals surface area contributed by atoms with Gasteiger partial charge in [0.1, 0.15) is 40.8 Å². The Morgan fingerprint density at radius 2 is 2.33 bits per heavy atom. The third kappa shape index (κ3) is 3.05. The molecule has 0 aliphatic carbocycles. The van der Waals surface area contributed by atoms with Crippen molar-refractivity contribution in [2.75, 3.05) is 6.61 Å². The predicted octanol–water partition coefficient (Wildman–Crippen LogP) is 0.890. The molecule has 2 aliphatic rings. The monoisotopic (exact) mass is 490 g/mol. The van der Waals surface area contributed by atoms with Crippen LogP contribution in [0.5, 0.6) is 0 Å². The molecular formula is C12H16IN2O7PS. The van der Waals surface area contributed by atoms with Crippen LogP contribution in [0.4, 0.5) is 0 Å². The van der Waals surface area contributed by atoms with Crippen molar-refractivity contribution in [1.29, 1.82) is 0 Å². The van der Waals surface area contributed by atoms with Crippen LogP contribution in [0.25, 0.3) is 0 Å². The van der Waals surface area contributed by atoms with Crippen LogP contribution in [0.2, 0.25) is 0 Å². The van der Waals surface area contributed by atoms with Crippen molar-refractivity contribution in [3.8, 4) is 0 Å². The number of nitrogens with zero attached hydrogens (tertiary/aromatic N) is 1. The first-order valence-electron chi connectivity index (χ1n) is 7.16. The SMILES string of the molecule is CCC12CO[C@H](C(n3cc(C)c(=O)[nH]c3=O)O1)[C@H]2OP(O)(=S)OI. The molecule has 2 bridgehead atoms. The number of fused-ring (bicyclic) bond motifs is 2. The van der Waals surface area contributed by atoms with Gasteiger partial charge in [-0.2, -0.15) is 0 Å². The van der Waals surface area contributed by atoms with E-state index in [1.165, 1.54) is 33.8 Å². The molecule has 1 aromatic heterocycles. The lowest BCUT2D eigenvalue weighted by Gasteiger charge is -2.31. The summed E-state index contributed by atoms with van der Waals surface area (Å²) in [6.45, 7) is 0.281. The van der Waals surface area contributed by atoms with Crippen LogP contribution < -0.4 is 11.2 Å². The minimum Gasteiger partial charge on any atom is -0.368 e.